The molecule has 0 unspecified atom stereocenters. The molecule has 0 aromatic heterocycles. The lowest BCUT2D eigenvalue weighted by Crippen LogP contribution is -2.30. The molecule has 0 radical (unpaired) electrons. The van der Waals surface area contributed by atoms with Crippen molar-refractivity contribution >= 4 is 12.6 Å². The highest BCUT2D eigenvalue weighted by Crippen LogP contribution is 2.12. The van der Waals surface area contributed by atoms with Crippen LogP contribution in [0.2, 0.25) is 0 Å². The van der Waals surface area contributed by atoms with E-state index in [1.54, 1.807) is 12.1 Å². The zero-order valence-electron chi connectivity index (χ0n) is 8.53. The minimum absolute atomic E-state index is 0.479. The number of hydrogen-bond donors (Lipinski definition) is 2. The molecule has 0 heterocycles. The summed E-state index contributed by atoms with van der Waals surface area (Å²) in [5, 5.41) is 18.1. The smallest absolute Gasteiger partial charge is 0.488 e. The molecule has 0 atom stereocenters. The number of benzene rings is 1. The Kier molecular flexibility index (Phi) is 3.98. The molecule has 0 saturated heterocycles. The molecule has 14 heavy (non-hydrogen) atoms. The summed E-state index contributed by atoms with van der Waals surface area (Å²) in [5.41, 5.74) is 1.52. The van der Waals surface area contributed by atoms with Gasteiger partial charge in [0, 0.05) is 0 Å². The van der Waals surface area contributed by atoms with Crippen LogP contribution in [0.4, 0.5) is 0 Å². The summed E-state index contributed by atoms with van der Waals surface area (Å²) in [6.07, 6.45) is 0.848. The molecule has 76 valence electrons. The van der Waals surface area contributed by atoms with Crippen molar-refractivity contribution in [3.05, 3.63) is 23.8 Å². The van der Waals surface area contributed by atoms with E-state index in [2.05, 4.69) is 0 Å². The number of hydrogen-bond acceptors (Lipinski definition) is 3. The monoisotopic (exact) mass is 194 g/mol. The molecule has 0 fully saturated rings. The van der Waals surface area contributed by atoms with E-state index in [9.17, 15) is 0 Å². The van der Waals surface area contributed by atoms with Crippen LogP contribution in [-0.2, 0) is 6.42 Å². The average Bonchev–Trinajstić information content (AvgIpc) is 2.17. The predicted molar refractivity (Wildman–Crippen MR) is 56.8 cm³/mol. The lowest BCUT2D eigenvalue weighted by Gasteiger charge is -2.08. The second kappa shape index (κ2) is 5.03. The van der Waals surface area contributed by atoms with Crippen LogP contribution in [0.3, 0.4) is 0 Å². The number of ether oxygens (including phenoxy) is 1. The van der Waals surface area contributed by atoms with E-state index >= 15 is 0 Å². The van der Waals surface area contributed by atoms with Crippen LogP contribution in [0, 0.1) is 0 Å². The van der Waals surface area contributed by atoms with E-state index in [1.807, 2.05) is 19.9 Å². The molecule has 1 aromatic carbocycles. The second-order valence-corrected chi connectivity index (χ2v) is 3.07. The van der Waals surface area contributed by atoms with Crippen molar-refractivity contribution in [1.29, 1.82) is 0 Å². The third-order valence-corrected chi connectivity index (χ3v) is 2.01. The summed E-state index contributed by atoms with van der Waals surface area (Å²) in [4.78, 5) is 0. The lowest BCUT2D eigenvalue weighted by atomic mass is 9.79. The summed E-state index contributed by atoms with van der Waals surface area (Å²) < 4.78 is 5.32. The summed E-state index contributed by atoms with van der Waals surface area (Å²) in [5.74, 6) is 0.690. The molecule has 1 aromatic rings. The van der Waals surface area contributed by atoms with Gasteiger partial charge in [-0.15, -0.1) is 0 Å². The van der Waals surface area contributed by atoms with Gasteiger partial charge in [0.15, 0.2) is 0 Å². The summed E-state index contributed by atoms with van der Waals surface area (Å²) in [6.45, 7) is 4.49. The fraction of sp³-hybridized carbons (Fsp3) is 0.400. The van der Waals surface area contributed by atoms with Gasteiger partial charge in [-0.05, 0) is 36.5 Å². The molecule has 3 nitrogen and oxygen atoms in total. The van der Waals surface area contributed by atoms with Gasteiger partial charge in [-0.25, -0.2) is 0 Å². The molecule has 2 N–H and O–H groups in total. The zero-order valence-corrected chi connectivity index (χ0v) is 8.53. The molecular weight excluding hydrogens is 179 g/mol. The third kappa shape index (κ3) is 2.75. The Labute approximate surface area is 84.5 Å². The van der Waals surface area contributed by atoms with Gasteiger partial charge >= 0.3 is 7.12 Å². The van der Waals surface area contributed by atoms with Crippen molar-refractivity contribution in [3.63, 3.8) is 0 Å². The summed E-state index contributed by atoms with van der Waals surface area (Å²) >= 11 is 0. The van der Waals surface area contributed by atoms with Gasteiger partial charge in [0.25, 0.3) is 0 Å². The third-order valence-electron chi connectivity index (χ3n) is 2.01. The number of aryl methyl sites for hydroxylation is 1. The van der Waals surface area contributed by atoms with Gasteiger partial charge in [0.1, 0.15) is 5.75 Å². The Morgan fingerprint density at radius 2 is 1.93 bits per heavy atom. The van der Waals surface area contributed by atoms with E-state index < -0.39 is 7.12 Å². The fourth-order valence-corrected chi connectivity index (χ4v) is 1.29. The minimum atomic E-state index is -1.43. The first-order valence-electron chi connectivity index (χ1n) is 4.80. The van der Waals surface area contributed by atoms with Crippen molar-refractivity contribution in [2.45, 2.75) is 20.3 Å². The SMILES string of the molecule is CCOc1cc(CC)cc(B(O)O)c1. The van der Waals surface area contributed by atoms with Crippen LogP contribution in [0.25, 0.3) is 0 Å². The van der Waals surface area contributed by atoms with E-state index in [4.69, 9.17) is 14.8 Å². The Morgan fingerprint density at radius 1 is 1.21 bits per heavy atom. The Bertz CT molecular complexity index is 299. The largest absolute Gasteiger partial charge is 0.494 e. The molecular formula is C10H15BO3. The summed E-state index contributed by atoms with van der Waals surface area (Å²) in [7, 11) is -1.43. The van der Waals surface area contributed by atoms with Crippen LogP contribution in [0.1, 0.15) is 19.4 Å². The van der Waals surface area contributed by atoms with E-state index in [0.717, 1.165) is 12.0 Å². The average molecular weight is 194 g/mol. The lowest BCUT2D eigenvalue weighted by molar-refractivity contribution is 0.340. The first-order chi connectivity index (χ1) is 6.67. The normalized spacial score (nSPS) is 10.0. The quantitative estimate of drug-likeness (QED) is 0.679. The van der Waals surface area contributed by atoms with Crippen molar-refractivity contribution in [1.82, 2.24) is 0 Å². The zero-order chi connectivity index (χ0) is 10.6. The van der Waals surface area contributed by atoms with Crippen LogP contribution in [0.5, 0.6) is 5.75 Å². The standard InChI is InChI=1S/C10H15BO3/c1-3-8-5-9(11(12)13)7-10(6-8)14-4-2/h5-7,12-13H,3-4H2,1-2H3. The minimum Gasteiger partial charge on any atom is -0.494 e. The predicted octanol–water partition coefficient (Wildman–Crippen LogP) is 0.328. The molecule has 0 spiro atoms. The van der Waals surface area contributed by atoms with E-state index in [0.29, 0.717) is 17.8 Å². The van der Waals surface area contributed by atoms with Crippen LogP contribution in [-0.4, -0.2) is 23.8 Å². The fourth-order valence-electron chi connectivity index (χ4n) is 1.29. The Morgan fingerprint density at radius 3 is 2.43 bits per heavy atom. The molecule has 0 amide bonds. The molecule has 1 rings (SSSR count). The molecule has 0 aliphatic heterocycles. The Balaban J connectivity index is 3.00. The maximum Gasteiger partial charge on any atom is 0.488 e. The van der Waals surface area contributed by atoms with Crippen LogP contribution < -0.4 is 10.2 Å². The van der Waals surface area contributed by atoms with Gasteiger partial charge in [-0.1, -0.05) is 13.0 Å². The second-order valence-electron chi connectivity index (χ2n) is 3.07. The van der Waals surface area contributed by atoms with Gasteiger partial charge in [0.05, 0.1) is 6.61 Å². The van der Waals surface area contributed by atoms with Crippen molar-refractivity contribution < 1.29 is 14.8 Å². The first kappa shape index (κ1) is 11.1. The van der Waals surface area contributed by atoms with E-state index in [1.165, 1.54) is 0 Å². The maximum atomic E-state index is 9.04. The first-order valence-corrected chi connectivity index (χ1v) is 4.80. The summed E-state index contributed by atoms with van der Waals surface area (Å²) in [6, 6.07) is 5.33. The van der Waals surface area contributed by atoms with Crippen LogP contribution in [0.15, 0.2) is 18.2 Å². The van der Waals surface area contributed by atoms with Gasteiger partial charge in [-0.3, -0.25) is 0 Å². The maximum absolute atomic E-state index is 9.04. The van der Waals surface area contributed by atoms with Gasteiger partial charge in [-0.2, -0.15) is 0 Å². The van der Waals surface area contributed by atoms with Crippen molar-refractivity contribution in [2.24, 2.45) is 0 Å². The van der Waals surface area contributed by atoms with Crippen LogP contribution >= 0.6 is 0 Å². The van der Waals surface area contributed by atoms with Crippen molar-refractivity contribution in [3.8, 4) is 5.75 Å². The topological polar surface area (TPSA) is 49.7 Å². The van der Waals surface area contributed by atoms with Gasteiger partial charge < -0.3 is 14.8 Å². The van der Waals surface area contributed by atoms with Gasteiger partial charge in [0.2, 0.25) is 0 Å². The van der Waals surface area contributed by atoms with Crippen molar-refractivity contribution in [2.75, 3.05) is 6.61 Å². The molecule has 0 bridgehead atoms. The van der Waals surface area contributed by atoms with E-state index in [-0.39, 0.29) is 0 Å². The highest BCUT2D eigenvalue weighted by Gasteiger charge is 2.12. The molecule has 0 aliphatic rings. The Hall–Kier alpha value is -0.995. The molecule has 4 heteroatoms. The highest BCUT2D eigenvalue weighted by atomic mass is 16.5. The molecule has 0 aliphatic carbocycles. The number of rotatable bonds is 4. The molecule has 0 saturated carbocycles. The highest BCUT2D eigenvalue weighted by molar-refractivity contribution is 6.58.